The molecular formula is C27H31N3O4. The van der Waals surface area contributed by atoms with Crippen molar-refractivity contribution in [3.8, 4) is 11.5 Å². The highest BCUT2D eigenvalue weighted by molar-refractivity contribution is 5.97. The summed E-state index contributed by atoms with van der Waals surface area (Å²) < 4.78 is 11.4. The molecule has 3 N–H and O–H groups in total. The van der Waals surface area contributed by atoms with Crippen molar-refractivity contribution in [2.75, 3.05) is 30.4 Å². The summed E-state index contributed by atoms with van der Waals surface area (Å²) in [5, 5.41) is 8.85. The molecule has 7 heteroatoms. The number of hydrogen-bond acceptors (Lipinski definition) is 5. The van der Waals surface area contributed by atoms with Crippen LogP contribution in [0.1, 0.15) is 31.1 Å². The molecule has 0 bridgehead atoms. The lowest BCUT2D eigenvalue weighted by atomic mass is 10.1. The van der Waals surface area contributed by atoms with Gasteiger partial charge < -0.3 is 25.4 Å². The fourth-order valence-electron chi connectivity index (χ4n) is 3.08. The molecule has 2 amide bonds. The zero-order valence-electron chi connectivity index (χ0n) is 19.8. The van der Waals surface area contributed by atoms with E-state index in [0.29, 0.717) is 35.9 Å². The lowest BCUT2D eigenvalue weighted by molar-refractivity contribution is -0.114. The number of ether oxygens (including phenoxy) is 2. The quantitative estimate of drug-likeness (QED) is 0.380. The van der Waals surface area contributed by atoms with Gasteiger partial charge in [-0.2, -0.15) is 0 Å². The maximum absolute atomic E-state index is 12.5. The third-order valence-electron chi connectivity index (χ3n) is 4.58. The van der Waals surface area contributed by atoms with Crippen molar-refractivity contribution in [1.29, 1.82) is 0 Å². The molecule has 0 aliphatic rings. The summed E-state index contributed by atoms with van der Waals surface area (Å²) in [5.74, 6) is 0.941. The molecule has 0 atom stereocenters. The predicted molar refractivity (Wildman–Crippen MR) is 135 cm³/mol. The summed E-state index contributed by atoms with van der Waals surface area (Å²) >= 11 is 0. The normalized spacial score (nSPS) is 10.8. The molecule has 0 spiro atoms. The van der Waals surface area contributed by atoms with Crippen molar-refractivity contribution >= 4 is 23.2 Å². The van der Waals surface area contributed by atoms with Crippen molar-refractivity contribution < 1.29 is 19.1 Å². The SMILES string of the molecule is CC(C)(C)NC(=O)c1cccc(NCC(=O)Nc2ccccc2OCCOc2ccccc2)c1. The number of nitrogens with one attached hydrogen (secondary N) is 3. The zero-order chi connectivity index (χ0) is 24.4. The van der Waals surface area contributed by atoms with E-state index in [1.807, 2.05) is 69.3 Å². The number of carbonyl (C=O) groups excluding carboxylic acids is 2. The summed E-state index contributed by atoms with van der Waals surface area (Å²) in [6.07, 6.45) is 0. The van der Waals surface area contributed by atoms with Crippen LogP contribution in [0.5, 0.6) is 11.5 Å². The van der Waals surface area contributed by atoms with Crippen molar-refractivity contribution in [3.05, 3.63) is 84.4 Å². The highest BCUT2D eigenvalue weighted by Crippen LogP contribution is 2.23. The second kappa shape index (κ2) is 11.7. The molecule has 0 aliphatic heterocycles. The minimum Gasteiger partial charge on any atom is -0.490 e. The maximum atomic E-state index is 12.5. The van der Waals surface area contributed by atoms with Crippen LogP contribution >= 0.6 is 0 Å². The van der Waals surface area contributed by atoms with E-state index in [1.165, 1.54) is 0 Å². The summed E-state index contributed by atoms with van der Waals surface area (Å²) in [4.78, 5) is 24.9. The standard InChI is InChI=1S/C27H31N3O4/c1-27(2,3)30-26(32)20-10-9-11-21(18-20)28-19-25(31)29-23-14-7-8-15-24(23)34-17-16-33-22-12-5-4-6-13-22/h4-15,18,28H,16-17,19H2,1-3H3,(H,29,31)(H,30,32). The molecule has 0 heterocycles. The third kappa shape index (κ3) is 8.16. The van der Waals surface area contributed by atoms with Crippen LogP contribution in [-0.4, -0.2) is 37.1 Å². The largest absolute Gasteiger partial charge is 0.490 e. The van der Waals surface area contributed by atoms with Crippen molar-refractivity contribution in [1.82, 2.24) is 5.32 Å². The Morgan fingerprint density at radius 3 is 2.29 bits per heavy atom. The second-order valence-corrected chi connectivity index (χ2v) is 8.69. The number of carbonyl (C=O) groups is 2. The van der Waals surface area contributed by atoms with Gasteiger partial charge in [0.2, 0.25) is 5.91 Å². The van der Waals surface area contributed by atoms with Crippen molar-refractivity contribution in [2.45, 2.75) is 26.3 Å². The first-order valence-corrected chi connectivity index (χ1v) is 11.2. The first-order chi connectivity index (χ1) is 16.3. The molecule has 0 fully saturated rings. The lowest BCUT2D eigenvalue weighted by Crippen LogP contribution is -2.40. The first kappa shape index (κ1) is 24.6. The van der Waals surface area contributed by atoms with E-state index in [0.717, 1.165) is 5.75 Å². The van der Waals surface area contributed by atoms with E-state index in [1.54, 1.807) is 30.3 Å². The van der Waals surface area contributed by atoms with E-state index in [-0.39, 0.29) is 23.9 Å². The second-order valence-electron chi connectivity index (χ2n) is 8.69. The average molecular weight is 462 g/mol. The monoisotopic (exact) mass is 461 g/mol. The number of anilines is 2. The molecule has 0 aromatic heterocycles. The fraction of sp³-hybridized carbons (Fsp3) is 0.259. The van der Waals surface area contributed by atoms with Gasteiger partial charge in [0.05, 0.1) is 12.2 Å². The Morgan fingerprint density at radius 1 is 0.824 bits per heavy atom. The van der Waals surface area contributed by atoms with E-state index >= 15 is 0 Å². The molecule has 3 aromatic rings. The maximum Gasteiger partial charge on any atom is 0.251 e. The van der Waals surface area contributed by atoms with Gasteiger partial charge in [-0.05, 0) is 63.2 Å². The van der Waals surface area contributed by atoms with Crippen molar-refractivity contribution in [2.24, 2.45) is 0 Å². The average Bonchev–Trinajstić information content (AvgIpc) is 2.81. The summed E-state index contributed by atoms with van der Waals surface area (Å²) in [6, 6.07) is 23.8. The van der Waals surface area contributed by atoms with Gasteiger partial charge in [0.25, 0.3) is 5.91 Å². The van der Waals surface area contributed by atoms with Gasteiger partial charge in [0.1, 0.15) is 24.7 Å². The summed E-state index contributed by atoms with van der Waals surface area (Å²) in [6.45, 7) is 6.53. The van der Waals surface area contributed by atoms with Gasteiger partial charge in [-0.3, -0.25) is 9.59 Å². The first-order valence-electron chi connectivity index (χ1n) is 11.2. The van der Waals surface area contributed by atoms with E-state index < -0.39 is 0 Å². The molecule has 3 rings (SSSR count). The minimum absolute atomic E-state index is 0.0375. The van der Waals surface area contributed by atoms with Crippen LogP contribution in [0.3, 0.4) is 0 Å². The van der Waals surface area contributed by atoms with E-state index in [2.05, 4.69) is 16.0 Å². The van der Waals surface area contributed by atoms with Crippen LogP contribution in [0, 0.1) is 0 Å². The Kier molecular flexibility index (Phi) is 8.51. The van der Waals surface area contributed by atoms with E-state index in [4.69, 9.17) is 9.47 Å². The van der Waals surface area contributed by atoms with Gasteiger partial charge in [-0.25, -0.2) is 0 Å². The van der Waals surface area contributed by atoms with Crippen LogP contribution in [0.2, 0.25) is 0 Å². The van der Waals surface area contributed by atoms with Gasteiger partial charge in [-0.1, -0.05) is 36.4 Å². The number of amides is 2. The zero-order valence-corrected chi connectivity index (χ0v) is 19.8. The van der Waals surface area contributed by atoms with Crippen LogP contribution in [0.25, 0.3) is 0 Å². The van der Waals surface area contributed by atoms with Gasteiger partial charge >= 0.3 is 0 Å². The Morgan fingerprint density at radius 2 is 1.53 bits per heavy atom. The van der Waals surface area contributed by atoms with Crippen LogP contribution < -0.4 is 25.4 Å². The molecule has 0 saturated carbocycles. The Bertz CT molecular complexity index is 1090. The topological polar surface area (TPSA) is 88.7 Å². The molecular weight excluding hydrogens is 430 g/mol. The van der Waals surface area contributed by atoms with Gasteiger partial charge in [-0.15, -0.1) is 0 Å². The van der Waals surface area contributed by atoms with Crippen LogP contribution in [0.4, 0.5) is 11.4 Å². The molecule has 0 saturated heterocycles. The van der Waals surface area contributed by atoms with Gasteiger partial charge in [0.15, 0.2) is 0 Å². The molecule has 0 aliphatic carbocycles. The molecule has 34 heavy (non-hydrogen) atoms. The third-order valence-corrected chi connectivity index (χ3v) is 4.58. The number of hydrogen-bond donors (Lipinski definition) is 3. The number of para-hydroxylation sites is 3. The van der Waals surface area contributed by atoms with Crippen molar-refractivity contribution in [3.63, 3.8) is 0 Å². The predicted octanol–water partition coefficient (Wildman–Crippen LogP) is 4.72. The van der Waals surface area contributed by atoms with Gasteiger partial charge in [0, 0.05) is 16.8 Å². The Balaban J connectivity index is 1.50. The summed E-state index contributed by atoms with van der Waals surface area (Å²) in [7, 11) is 0. The minimum atomic E-state index is -0.330. The van der Waals surface area contributed by atoms with Crippen LogP contribution in [-0.2, 0) is 4.79 Å². The fourth-order valence-corrected chi connectivity index (χ4v) is 3.08. The highest BCUT2D eigenvalue weighted by atomic mass is 16.5. The molecule has 3 aromatic carbocycles. The number of benzene rings is 3. The molecule has 7 nitrogen and oxygen atoms in total. The smallest absolute Gasteiger partial charge is 0.251 e. The Hall–Kier alpha value is -4.00. The molecule has 0 unspecified atom stereocenters. The van der Waals surface area contributed by atoms with Crippen LogP contribution in [0.15, 0.2) is 78.9 Å². The molecule has 0 radical (unpaired) electrons. The Labute approximate surface area is 200 Å². The number of rotatable bonds is 10. The summed E-state index contributed by atoms with van der Waals surface area (Å²) in [5.41, 5.74) is 1.45. The van der Waals surface area contributed by atoms with E-state index in [9.17, 15) is 9.59 Å². The molecule has 178 valence electrons. The lowest BCUT2D eigenvalue weighted by Gasteiger charge is -2.20. The highest BCUT2D eigenvalue weighted by Gasteiger charge is 2.15.